The van der Waals surface area contributed by atoms with Crippen molar-refractivity contribution >= 4 is 41.4 Å². The van der Waals surface area contributed by atoms with Crippen molar-refractivity contribution in [3.63, 3.8) is 0 Å². The average molecular weight is 334 g/mol. The molecule has 2 aliphatic heterocycles. The number of hydrogen-bond acceptors (Lipinski definition) is 5. The van der Waals surface area contributed by atoms with Crippen molar-refractivity contribution in [1.82, 2.24) is 15.1 Å². The van der Waals surface area contributed by atoms with Crippen LogP contribution in [0.4, 0.5) is 4.79 Å². The van der Waals surface area contributed by atoms with Gasteiger partial charge in [0, 0.05) is 20.6 Å². The Balaban J connectivity index is 1.65. The van der Waals surface area contributed by atoms with Gasteiger partial charge < -0.3 is 5.32 Å². The molecule has 1 aromatic heterocycles. The fraction of sp³-hybridized carbons (Fsp3) is 0.357. The lowest BCUT2D eigenvalue weighted by molar-refractivity contribution is -0.519. The first-order valence-corrected chi connectivity index (χ1v) is 7.93. The third kappa shape index (κ3) is 2.74. The normalized spacial score (nSPS) is 20.3. The van der Waals surface area contributed by atoms with Gasteiger partial charge in [0.1, 0.15) is 0 Å². The van der Waals surface area contributed by atoms with Crippen LogP contribution < -0.4 is 5.32 Å². The summed E-state index contributed by atoms with van der Waals surface area (Å²) in [5, 5.41) is 6.71. The molecule has 1 fully saturated rings. The Bertz CT molecular complexity index is 725. The minimum atomic E-state index is -0.727. The van der Waals surface area contributed by atoms with Crippen LogP contribution in [0.2, 0.25) is 0 Å². The molecule has 1 saturated heterocycles. The third-order valence-corrected chi connectivity index (χ3v) is 4.52. The predicted octanol–water partition coefficient (Wildman–Crippen LogP) is -0.290. The van der Waals surface area contributed by atoms with Crippen LogP contribution in [0.1, 0.15) is 5.56 Å². The molecule has 0 bridgehead atoms. The standard InChI is InChI=1S/C14H15N5O3S/c1-17-12-11(13(21)18(2)14(17)22)19(8-16-12)6-10(20)15-5-9-3-4-23-7-9/h3-4,7-8,11H,5-6H2,1-2H3/p+1. The number of carbonyl (C=O) groups excluding carboxylic acids is 3. The van der Waals surface area contributed by atoms with Gasteiger partial charge in [0.15, 0.2) is 6.54 Å². The number of likely N-dealkylation sites (N-methyl/N-ethyl adjacent to an activating group) is 2. The molecule has 2 aliphatic rings. The zero-order valence-corrected chi connectivity index (χ0v) is 13.5. The molecule has 1 atom stereocenters. The summed E-state index contributed by atoms with van der Waals surface area (Å²) in [7, 11) is 2.98. The van der Waals surface area contributed by atoms with Crippen molar-refractivity contribution in [3.8, 4) is 0 Å². The van der Waals surface area contributed by atoms with Crippen LogP contribution in [-0.4, -0.2) is 71.1 Å². The molecule has 0 aliphatic carbocycles. The zero-order valence-electron chi connectivity index (χ0n) is 12.7. The Morgan fingerprint density at radius 2 is 2.17 bits per heavy atom. The molecule has 3 heterocycles. The second kappa shape index (κ2) is 5.92. The second-order valence-electron chi connectivity index (χ2n) is 5.32. The first-order valence-electron chi connectivity index (χ1n) is 6.99. The molecule has 23 heavy (non-hydrogen) atoms. The van der Waals surface area contributed by atoms with E-state index < -0.39 is 12.1 Å². The number of aliphatic imine (C=N–C) groups is 1. The number of hydrogen-bond donors (Lipinski definition) is 1. The molecule has 1 aromatic rings. The van der Waals surface area contributed by atoms with E-state index in [2.05, 4.69) is 10.3 Å². The van der Waals surface area contributed by atoms with Crippen LogP contribution in [0, 0.1) is 0 Å². The van der Waals surface area contributed by atoms with E-state index in [0.29, 0.717) is 12.4 Å². The number of carbonyl (C=O) groups is 3. The molecule has 0 aromatic carbocycles. The van der Waals surface area contributed by atoms with E-state index in [4.69, 9.17) is 0 Å². The third-order valence-electron chi connectivity index (χ3n) is 3.79. The highest BCUT2D eigenvalue weighted by molar-refractivity contribution is 7.07. The highest BCUT2D eigenvalue weighted by Gasteiger charge is 2.50. The Hall–Kier alpha value is -2.55. The number of nitrogens with zero attached hydrogens (tertiary/aromatic N) is 4. The lowest BCUT2D eigenvalue weighted by Crippen LogP contribution is -2.62. The fourth-order valence-electron chi connectivity index (χ4n) is 2.49. The maximum absolute atomic E-state index is 12.3. The van der Waals surface area contributed by atoms with Gasteiger partial charge in [-0.2, -0.15) is 11.3 Å². The first-order chi connectivity index (χ1) is 11.0. The molecule has 120 valence electrons. The summed E-state index contributed by atoms with van der Waals surface area (Å²) < 4.78 is 1.54. The van der Waals surface area contributed by atoms with Crippen LogP contribution in [-0.2, 0) is 16.1 Å². The molecular formula is C14H16N5O3S+. The molecular weight excluding hydrogens is 318 g/mol. The van der Waals surface area contributed by atoms with Crippen molar-refractivity contribution in [1.29, 1.82) is 0 Å². The van der Waals surface area contributed by atoms with Gasteiger partial charge in [-0.25, -0.2) is 9.37 Å². The molecule has 0 saturated carbocycles. The SMILES string of the molecule is CN1C(=O)C2C(=NC=[N+]2CC(=O)NCc2ccsc2)N(C)C1=O. The molecule has 1 N–H and O–H groups in total. The van der Waals surface area contributed by atoms with E-state index in [9.17, 15) is 14.4 Å². The summed E-state index contributed by atoms with van der Waals surface area (Å²) in [6.07, 6.45) is 1.44. The minimum absolute atomic E-state index is 0.00339. The summed E-state index contributed by atoms with van der Waals surface area (Å²) >= 11 is 1.57. The predicted molar refractivity (Wildman–Crippen MR) is 84.5 cm³/mol. The first kappa shape index (κ1) is 15.3. The lowest BCUT2D eigenvalue weighted by Gasteiger charge is -2.30. The van der Waals surface area contributed by atoms with Gasteiger partial charge in [-0.05, 0) is 27.4 Å². The van der Waals surface area contributed by atoms with Crippen molar-refractivity contribution in [2.24, 2.45) is 4.99 Å². The Morgan fingerprint density at radius 3 is 2.87 bits per heavy atom. The number of fused-ring (bicyclic) bond motifs is 1. The zero-order chi connectivity index (χ0) is 16.6. The van der Waals surface area contributed by atoms with Gasteiger partial charge in [-0.1, -0.05) is 0 Å². The molecule has 8 nitrogen and oxygen atoms in total. The summed E-state index contributed by atoms with van der Waals surface area (Å²) in [4.78, 5) is 42.7. The quantitative estimate of drug-likeness (QED) is 0.768. The van der Waals surface area contributed by atoms with Crippen molar-refractivity contribution in [2.75, 3.05) is 20.6 Å². The molecule has 0 radical (unpaired) electrons. The number of rotatable bonds is 4. The Morgan fingerprint density at radius 1 is 1.39 bits per heavy atom. The van der Waals surface area contributed by atoms with Gasteiger partial charge in [-0.3, -0.25) is 19.4 Å². The van der Waals surface area contributed by atoms with Gasteiger partial charge in [0.25, 0.3) is 30.0 Å². The Labute approximate surface area is 136 Å². The van der Waals surface area contributed by atoms with Crippen LogP contribution in [0.25, 0.3) is 0 Å². The highest BCUT2D eigenvalue weighted by atomic mass is 32.1. The van der Waals surface area contributed by atoms with E-state index in [1.54, 1.807) is 23.0 Å². The molecule has 9 heteroatoms. The van der Waals surface area contributed by atoms with Crippen molar-refractivity contribution in [2.45, 2.75) is 12.6 Å². The topological polar surface area (TPSA) is 85.1 Å². The number of amides is 4. The molecule has 4 amide bonds. The van der Waals surface area contributed by atoms with E-state index in [1.807, 2.05) is 16.8 Å². The van der Waals surface area contributed by atoms with Crippen LogP contribution in [0.5, 0.6) is 0 Å². The maximum Gasteiger partial charge on any atom is 0.333 e. The van der Waals surface area contributed by atoms with Crippen molar-refractivity contribution in [3.05, 3.63) is 22.4 Å². The number of urea groups is 1. The molecule has 3 rings (SSSR count). The van der Waals surface area contributed by atoms with E-state index in [-0.39, 0.29) is 18.4 Å². The summed E-state index contributed by atoms with van der Waals surface area (Å²) in [6, 6.07) is 0.783. The second-order valence-corrected chi connectivity index (χ2v) is 6.10. The van der Waals surface area contributed by atoms with E-state index in [1.165, 1.54) is 18.3 Å². The average Bonchev–Trinajstić information content (AvgIpc) is 3.18. The van der Waals surface area contributed by atoms with Gasteiger partial charge >= 0.3 is 6.03 Å². The van der Waals surface area contributed by atoms with Crippen LogP contribution in [0.3, 0.4) is 0 Å². The largest absolute Gasteiger partial charge is 0.349 e. The number of amidine groups is 1. The van der Waals surface area contributed by atoms with Gasteiger partial charge in [0.05, 0.1) is 0 Å². The molecule has 1 unspecified atom stereocenters. The van der Waals surface area contributed by atoms with Gasteiger partial charge in [0.2, 0.25) is 0 Å². The minimum Gasteiger partial charge on any atom is -0.349 e. The number of imide groups is 1. The van der Waals surface area contributed by atoms with Crippen molar-refractivity contribution < 1.29 is 19.0 Å². The summed E-state index contributed by atoms with van der Waals surface area (Å²) in [6.45, 7) is 0.449. The Kier molecular flexibility index (Phi) is 3.95. The van der Waals surface area contributed by atoms with E-state index in [0.717, 1.165) is 10.5 Å². The lowest BCUT2D eigenvalue weighted by atomic mass is 10.1. The fourth-order valence-corrected chi connectivity index (χ4v) is 3.16. The highest BCUT2D eigenvalue weighted by Crippen LogP contribution is 2.16. The maximum atomic E-state index is 12.3. The number of nitrogens with one attached hydrogen (secondary N) is 1. The monoisotopic (exact) mass is 334 g/mol. The smallest absolute Gasteiger partial charge is 0.333 e. The molecule has 0 spiro atoms. The summed E-state index contributed by atoms with van der Waals surface area (Å²) in [5.74, 6) is -0.242. The van der Waals surface area contributed by atoms with Gasteiger partial charge in [-0.15, -0.1) is 0 Å². The van der Waals surface area contributed by atoms with Crippen LogP contribution in [0.15, 0.2) is 21.8 Å². The summed E-state index contributed by atoms with van der Waals surface area (Å²) in [5.41, 5.74) is 1.03. The number of thiophene rings is 1. The van der Waals surface area contributed by atoms with Crippen LogP contribution >= 0.6 is 11.3 Å². The van der Waals surface area contributed by atoms with E-state index >= 15 is 0 Å².